The molecule has 0 aliphatic carbocycles. The van der Waals surface area contributed by atoms with E-state index in [1.54, 1.807) is 42.5 Å². The van der Waals surface area contributed by atoms with Crippen molar-refractivity contribution in [2.45, 2.75) is 0 Å². The molecule has 7 heteroatoms. The van der Waals surface area contributed by atoms with Gasteiger partial charge in [-0.15, -0.1) is 0 Å². The van der Waals surface area contributed by atoms with Crippen molar-refractivity contribution in [2.75, 3.05) is 0 Å². The van der Waals surface area contributed by atoms with E-state index >= 15 is 0 Å². The lowest BCUT2D eigenvalue weighted by Gasteiger charge is -2.06. The van der Waals surface area contributed by atoms with Crippen LogP contribution in [0.4, 0.5) is 4.79 Å². The molecule has 5 nitrogen and oxygen atoms in total. The number of hydrogen-bond acceptors (Lipinski definition) is 5. The third-order valence-corrected chi connectivity index (χ3v) is 4.88. The molecule has 0 bridgehead atoms. The van der Waals surface area contributed by atoms with Crippen LogP contribution in [0.15, 0.2) is 53.4 Å². The molecule has 1 aliphatic rings. The van der Waals surface area contributed by atoms with Crippen molar-refractivity contribution >= 4 is 57.5 Å². The zero-order chi connectivity index (χ0) is 17.1. The van der Waals surface area contributed by atoms with E-state index in [1.807, 2.05) is 12.1 Å². The highest BCUT2D eigenvalue weighted by Crippen LogP contribution is 2.26. The number of carbonyl (C=O) groups excluding carboxylic acids is 3. The second-order valence-corrected chi connectivity index (χ2v) is 6.97. The van der Waals surface area contributed by atoms with Crippen LogP contribution in [0.3, 0.4) is 0 Å². The lowest BCUT2D eigenvalue weighted by atomic mass is 10.2. The molecule has 0 saturated carbocycles. The van der Waals surface area contributed by atoms with Gasteiger partial charge in [-0.1, -0.05) is 24.3 Å². The standard InChI is InChI=1S/C17H10INO4S/c18-13-4-2-1-3-12(13)16(21)23-11-7-5-10(6-8-11)9-14-15(20)19-17(22)24-14/h1-9H,(H,19,20,22). The first kappa shape index (κ1) is 16.7. The smallest absolute Gasteiger partial charge is 0.344 e. The van der Waals surface area contributed by atoms with Crippen molar-refractivity contribution in [3.05, 3.63) is 68.1 Å². The number of imide groups is 1. The second-order valence-electron chi connectivity index (χ2n) is 4.79. The summed E-state index contributed by atoms with van der Waals surface area (Å²) in [5.74, 6) is -0.428. The number of rotatable bonds is 3. The molecule has 24 heavy (non-hydrogen) atoms. The molecule has 2 aromatic carbocycles. The number of nitrogens with one attached hydrogen (secondary N) is 1. The molecule has 0 unspecified atom stereocenters. The molecule has 0 aromatic heterocycles. The summed E-state index contributed by atoms with van der Waals surface area (Å²) in [7, 11) is 0. The van der Waals surface area contributed by atoms with Crippen molar-refractivity contribution in [3.63, 3.8) is 0 Å². The van der Waals surface area contributed by atoms with Crippen LogP contribution in [-0.2, 0) is 4.79 Å². The number of esters is 1. The van der Waals surface area contributed by atoms with Crippen LogP contribution in [0.25, 0.3) is 6.08 Å². The maximum Gasteiger partial charge on any atom is 0.344 e. The molecule has 0 atom stereocenters. The van der Waals surface area contributed by atoms with Gasteiger partial charge in [0.1, 0.15) is 5.75 Å². The van der Waals surface area contributed by atoms with Crippen LogP contribution in [0.1, 0.15) is 15.9 Å². The van der Waals surface area contributed by atoms with Crippen LogP contribution in [-0.4, -0.2) is 17.1 Å². The van der Waals surface area contributed by atoms with Gasteiger partial charge < -0.3 is 4.74 Å². The first-order chi connectivity index (χ1) is 11.5. The fraction of sp³-hybridized carbons (Fsp3) is 0. The van der Waals surface area contributed by atoms with Gasteiger partial charge >= 0.3 is 5.97 Å². The Hall–Kier alpha value is -2.13. The highest BCUT2D eigenvalue weighted by Gasteiger charge is 2.24. The Balaban J connectivity index is 1.72. The van der Waals surface area contributed by atoms with Gasteiger partial charge in [-0.3, -0.25) is 14.9 Å². The minimum Gasteiger partial charge on any atom is -0.423 e. The van der Waals surface area contributed by atoms with Gasteiger partial charge in [0.2, 0.25) is 0 Å². The Bertz CT molecular complexity index is 861. The van der Waals surface area contributed by atoms with Gasteiger partial charge in [0.05, 0.1) is 10.5 Å². The number of halogens is 1. The molecule has 1 aliphatic heterocycles. The third-order valence-electron chi connectivity index (χ3n) is 3.12. The van der Waals surface area contributed by atoms with E-state index in [0.29, 0.717) is 16.2 Å². The van der Waals surface area contributed by atoms with E-state index in [-0.39, 0.29) is 5.24 Å². The van der Waals surface area contributed by atoms with Crippen LogP contribution < -0.4 is 10.1 Å². The van der Waals surface area contributed by atoms with Gasteiger partial charge in [-0.2, -0.15) is 0 Å². The SMILES string of the molecule is O=C1NC(=O)C(=Cc2ccc(OC(=O)c3ccccc3I)cc2)S1. The monoisotopic (exact) mass is 451 g/mol. The van der Waals surface area contributed by atoms with Gasteiger partial charge in [0.25, 0.3) is 11.1 Å². The lowest BCUT2D eigenvalue weighted by Crippen LogP contribution is -2.17. The molecule has 0 radical (unpaired) electrons. The van der Waals surface area contributed by atoms with Gasteiger partial charge in [-0.25, -0.2) is 4.79 Å². The van der Waals surface area contributed by atoms with Crippen molar-refractivity contribution in [2.24, 2.45) is 0 Å². The largest absolute Gasteiger partial charge is 0.423 e. The average molecular weight is 451 g/mol. The number of ether oxygens (including phenoxy) is 1. The predicted molar refractivity (Wildman–Crippen MR) is 99.7 cm³/mol. The third kappa shape index (κ3) is 3.85. The maximum atomic E-state index is 12.1. The normalized spacial score (nSPS) is 15.5. The Kier molecular flexibility index (Phi) is 5.00. The molecule has 2 amide bonds. The summed E-state index contributed by atoms with van der Waals surface area (Å²) in [6, 6.07) is 13.9. The molecule has 2 aromatic rings. The van der Waals surface area contributed by atoms with Crippen molar-refractivity contribution in [1.82, 2.24) is 5.32 Å². The summed E-state index contributed by atoms with van der Waals surface area (Å²) >= 11 is 2.94. The molecular weight excluding hydrogens is 441 g/mol. The minimum absolute atomic E-state index is 0.337. The fourth-order valence-electron chi connectivity index (χ4n) is 1.99. The van der Waals surface area contributed by atoms with E-state index in [9.17, 15) is 14.4 Å². The summed E-state index contributed by atoms with van der Waals surface area (Å²) in [4.78, 5) is 35.1. The molecule has 3 rings (SSSR count). The highest BCUT2D eigenvalue weighted by atomic mass is 127. The Morgan fingerprint density at radius 1 is 1.08 bits per heavy atom. The summed E-state index contributed by atoms with van der Waals surface area (Å²) in [6.45, 7) is 0. The van der Waals surface area contributed by atoms with Gasteiger partial charge in [0, 0.05) is 3.57 Å². The zero-order valence-electron chi connectivity index (χ0n) is 12.1. The number of hydrogen-bond donors (Lipinski definition) is 1. The number of carbonyl (C=O) groups is 3. The summed E-state index contributed by atoms with van der Waals surface area (Å²) in [5.41, 5.74) is 1.23. The number of thioether (sulfide) groups is 1. The van der Waals surface area contributed by atoms with E-state index in [2.05, 4.69) is 27.9 Å². The number of amides is 2. The van der Waals surface area contributed by atoms with Gasteiger partial charge in [0.15, 0.2) is 0 Å². The zero-order valence-corrected chi connectivity index (χ0v) is 15.1. The van der Waals surface area contributed by atoms with Crippen molar-refractivity contribution in [1.29, 1.82) is 0 Å². The molecule has 1 N–H and O–H groups in total. The van der Waals surface area contributed by atoms with E-state index in [0.717, 1.165) is 20.9 Å². The Morgan fingerprint density at radius 2 is 1.79 bits per heavy atom. The van der Waals surface area contributed by atoms with E-state index < -0.39 is 11.9 Å². The first-order valence-electron chi connectivity index (χ1n) is 6.84. The highest BCUT2D eigenvalue weighted by molar-refractivity contribution is 14.1. The Labute approximate surface area is 155 Å². The second kappa shape index (κ2) is 7.18. The average Bonchev–Trinajstić information content (AvgIpc) is 2.87. The first-order valence-corrected chi connectivity index (χ1v) is 8.74. The summed E-state index contributed by atoms with van der Waals surface area (Å²) in [5, 5.41) is 1.81. The molecule has 1 fully saturated rings. The van der Waals surface area contributed by atoms with Crippen molar-refractivity contribution in [3.8, 4) is 5.75 Å². The lowest BCUT2D eigenvalue weighted by molar-refractivity contribution is -0.115. The van der Waals surface area contributed by atoms with Crippen LogP contribution in [0.5, 0.6) is 5.75 Å². The topological polar surface area (TPSA) is 72.5 Å². The quantitative estimate of drug-likeness (QED) is 0.333. The summed E-state index contributed by atoms with van der Waals surface area (Å²) in [6.07, 6.45) is 1.61. The summed E-state index contributed by atoms with van der Waals surface area (Å²) < 4.78 is 6.16. The Morgan fingerprint density at radius 3 is 2.42 bits per heavy atom. The van der Waals surface area contributed by atoms with Crippen molar-refractivity contribution < 1.29 is 19.1 Å². The van der Waals surface area contributed by atoms with Crippen LogP contribution >= 0.6 is 34.4 Å². The molecule has 1 heterocycles. The van der Waals surface area contributed by atoms with E-state index in [4.69, 9.17) is 4.74 Å². The number of benzene rings is 2. The molecule has 1 saturated heterocycles. The predicted octanol–water partition coefficient (Wildman–Crippen LogP) is 3.83. The van der Waals surface area contributed by atoms with Crippen LogP contribution in [0.2, 0.25) is 0 Å². The van der Waals surface area contributed by atoms with Crippen LogP contribution in [0, 0.1) is 3.57 Å². The maximum absolute atomic E-state index is 12.1. The molecule has 0 spiro atoms. The fourth-order valence-corrected chi connectivity index (χ4v) is 3.28. The minimum atomic E-state index is -0.428. The molecular formula is C17H10INO4S. The molecule has 120 valence electrons. The van der Waals surface area contributed by atoms with Gasteiger partial charge in [-0.05, 0) is 70.3 Å². The van der Waals surface area contributed by atoms with E-state index in [1.165, 1.54) is 0 Å².